The van der Waals surface area contributed by atoms with Crippen LogP contribution in [0.4, 0.5) is 0 Å². The van der Waals surface area contributed by atoms with Crippen LogP contribution in [0.25, 0.3) is 0 Å². The van der Waals surface area contributed by atoms with Gasteiger partial charge in [0.15, 0.2) is 0 Å². The standard InChI is InChI=1S/C13H9AsN2O2/c14-12-11(7-4-8-17)15-9-16-13(12)18-10-5-2-1-3-6-10/h1-3,5-6,9,17H,8H2. The third-order valence-electron chi connectivity index (χ3n) is 2.03. The van der Waals surface area contributed by atoms with E-state index in [1.54, 1.807) is 0 Å². The molecule has 0 aliphatic heterocycles. The van der Waals surface area contributed by atoms with Crippen LogP contribution in [0.15, 0.2) is 36.7 Å². The number of hydrogen-bond acceptors (Lipinski definition) is 4. The number of aromatic nitrogens is 2. The summed E-state index contributed by atoms with van der Waals surface area (Å²) < 4.78 is 6.32. The van der Waals surface area contributed by atoms with E-state index in [4.69, 9.17) is 9.84 Å². The van der Waals surface area contributed by atoms with Crippen molar-refractivity contribution in [1.82, 2.24) is 9.97 Å². The first-order valence-electron chi connectivity index (χ1n) is 5.18. The summed E-state index contributed by atoms with van der Waals surface area (Å²) in [6, 6.07) is 9.36. The molecule has 0 fully saturated rings. The van der Waals surface area contributed by atoms with E-state index in [0.29, 0.717) is 21.7 Å². The minimum absolute atomic E-state index is 0.203. The normalized spacial score (nSPS) is 9.44. The fourth-order valence-corrected chi connectivity index (χ4v) is 1.71. The molecule has 2 rings (SSSR count). The van der Waals surface area contributed by atoms with E-state index < -0.39 is 0 Å². The molecular weight excluding hydrogens is 291 g/mol. The fraction of sp³-hybridized carbons (Fsp3) is 0.0769. The number of rotatable bonds is 2. The summed E-state index contributed by atoms with van der Waals surface area (Å²) in [5.41, 5.74) is 0.532. The van der Waals surface area contributed by atoms with Crippen LogP contribution in [0.5, 0.6) is 11.6 Å². The van der Waals surface area contributed by atoms with Crippen molar-refractivity contribution < 1.29 is 9.84 Å². The van der Waals surface area contributed by atoms with E-state index in [0.717, 1.165) is 0 Å². The van der Waals surface area contributed by atoms with Gasteiger partial charge in [0.1, 0.15) is 0 Å². The second-order valence-electron chi connectivity index (χ2n) is 3.25. The molecule has 0 atom stereocenters. The van der Waals surface area contributed by atoms with E-state index in [1.807, 2.05) is 30.3 Å². The number of ether oxygens (including phenoxy) is 1. The summed E-state index contributed by atoms with van der Waals surface area (Å²) in [6.07, 6.45) is 1.39. The summed E-state index contributed by atoms with van der Waals surface area (Å²) in [6.45, 7) is -0.203. The van der Waals surface area contributed by atoms with E-state index >= 15 is 0 Å². The number of benzene rings is 1. The number of nitrogens with zero attached hydrogens (tertiary/aromatic N) is 2. The minimum atomic E-state index is -0.203. The van der Waals surface area contributed by atoms with Crippen molar-refractivity contribution in [1.29, 1.82) is 0 Å². The van der Waals surface area contributed by atoms with E-state index in [9.17, 15) is 0 Å². The van der Waals surface area contributed by atoms with Gasteiger partial charge in [-0.15, -0.1) is 0 Å². The predicted molar refractivity (Wildman–Crippen MR) is 67.9 cm³/mol. The number of aliphatic hydroxyl groups is 1. The molecule has 0 saturated heterocycles. The molecule has 0 unspecified atom stereocenters. The Kier molecular flexibility index (Phi) is 4.35. The number of para-hydroxylation sites is 1. The van der Waals surface area contributed by atoms with E-state index in [2.05, 4.69) is 38.7 Å². The van der Waals surface area contributed by atoms with Crippen molar-refractivity contribution in [2.75, 3.05) is 6.61 Å². The molecule has 0 saturated carbocycles. The van der Waals surface area contributed by atoms with Crippen molar-refractivity contribution >= 4 is 21.2 Å². The second kappa shape index (κ2) is 6.20. The van der Waals surface area contributed by atoms with Crippen molar-refractivity contribution in [2.24, 2.45) is 0 Å². The van der Waals surface area contributed by atoms with Gasteiger partial charge in [-0.1, -0.05) is 0 Å². The van der Waals surface area contributed by atoms with Gasteiger partial charge in [0.2, 0.25) is 0 Å². The molecule has 1 aromatic heterocycles. The zero-order chi connectivity index (χ0) is 12.8. The molecule has 5 heteroatoms. The van der Waals surface area contributed by atoms with Gasteiger partial charge < -0.3 is 0 Å². The summed E-state index contributed by atoms with van der Waals surface area (Å²) in [5, 5.41) is 8.67. The van der Waals surface area contributed by atoms with Gasteiger partial charge in [0.25, 0.3) is 0 Å². The van der Waals surface area contributed by atoms with Gasteiger partial charge in [0, 0.05) is 0 Å². The summed E-state index contributed by atoms with van der Waals surface area (Å²) in [4.78, 5) is 8.09. The molecule has 0 bridgehead atoms. The van der Waals surface area contributed by atoms with Crippen molar-refractivity contribution in [3.05, 3.63) is 42.4 Å². The molecule has 4 nitrogen and oxygen atoms in total. The SMILES string of the molecule is OCC#Cc1ncnc(Oc2ccccc2)c1[As]. The summed E-state index contributed by atoms with van der Waals surface area (Å²) in [7, 11) is 0. The first kappa shape index (κ1) is 12.6. The molecule has 0 spiro atoms. The van der Waals surface area contributed by atoms with Crippen LogP contribution in [-0.4, -0.2) is 38.5 Å². The monoisotopic (exact) mass is 300 g/mol. The molecule has 0 aliphatic carbocycles. The van der Waals surface area contributed by atoms with Crippen molar-refractivity contribution in [3.63, 3.8) is 0 Å². The molecule has 1 N–H and O–H groups in total. The van der Waals surface area contributed by atoms with E-state index in [-0.39, 0.29) is 6.61 Å². The Morgan fingerprint density at radius 1 is 1.22 bits per heavy atom. The van der Waals surface area contributed by atoms with Gasteiger partial charge in [-0.25, -0.2) is 0 Å². The fourth-order valence-electron chi connectivity index (χ4n) is 1.25. The Bertz CT molecular complexity index is 591. The Hall–Kier alpha value is -1.82. The molecule has 1 heterocycles. The van der Waals surface area contributed by atoms with Gasteiger partial charge in [-0.05, 0) is 0 Å². The first-order chi connectivity index (χ1) is 8.81. The van der Waals surface area contributed by atoms with Crippen LogP contribution in [0.3, 0.4) is 0 Å². The van der Waals surface area contributed by atoms with E-state index in [1.165, 1.54) is 6.33 Å². The topological polar surface area (TPSA) is 55.2 Å². The molecule has 0 aliphatic rings. The van der Waals surface area contributed by atoms with Crippen LogP contribution in [0.2, 0.25) is 0 Å². The molecule has 1 aromatic carbocycles. The molecular formula is C13H9AsN2O2. The molecule has 88 valence electrons. The predicted octanol–water partition coefficient (Wildman–Crippen LogP) is 0.406. The van der Waals surface area contributed by atoms with Crippen LogP contribution in [0, 0.1) is 11.8 Å². The van der Waals surface area contributed by atoms with Crippen LogP contribution >= 0.6 is 0 Å². The Morgan fingerprint density at radius 2 is 2.00 bits per heavy atom. The zero-order valence-electron chi connectivity index (χ0n) is 9.37. The summed E-state index contributed by atoms with van der Waals surface area (Å²) >= 11 is 2.33. The van der Waals surface area contributed by atoms with Crippen LogP contribution < -0.4 is 9.09 Å². The zero-order valence-corrected chi connectivity index (χ0v) is 11.2. The first-order valence-corrected chi connectivity index (χ1v) is 6.11. The average molecular weight is 300 g/mol. The molecule has 18 heavy (non-hydrogen) atoms. The van der Waals surface area contributed by atoms with Gasteiger partial charge in [-0.3, -0.25) is 0 Å². The van der Waals surface area contributed by atoms with Crippen LogP contribution in [-0.2, 0) is 0 Å². The number of hydrogen-bond donors (Lipinski definition) is 1. The van der Waals surface area contributed by atoms with Gasteiger partial charge >= 0.3 is 113 Å². The maximum absolute atomic E-state index is 8.67. The molecule has 2 radical (unpaired) electrons. The maximum atomic E-state index is 8.67. The Morgan fingerprint density at radius 3 is 2.72 bits per heavy atom. The Labute approximate surface area is 114 Å². The summed E-state index contributed by atoms with van der Waals surface area (Å²) in [5.74, 6) is 6.43. The second-order valence-corrected chi connectivity index (χ2v) is 4.19. The van der Waals surface area contributed by atoms with Gasteiger partial charge in [-0.2, -0.15) is 0 Å². The number of aliphatic hydroxyl groups excluding tert-OH is 1. The Balaban J connectivity index is 2.29. The van der Waals surface area contributed by atoms with Crippen molar-refractivity contribution in [3.8, 4) is 23.5 Å². The average Bonchev–Trinajstić information content (AvgIpc) is 2.41. The van der Waals surface area contributed by atoms with Gasteiger partial charge in [0.05, 0.1) is 0 Å². The quantitative estimate of drug-likeness (QED) is 0.644. The third kappa shape index (κ3) is 3.10. The van der Waals surface area contributed by atoms with Crippen LogP contribution in [0.1, 0.15) is 5.69 Å². The molecule has 2 aromatic rings. The van der Waals surface area contributed by atoms with Crippen molar-refractivity contribution in [2.45, 2.75) is 0 Å². The molecule has 0 amide bonds. The third-order valence-corrected chi connectivity index (χ3v) is 2.88.